The maximum absolute atomic E-state index is 12.3. The lowest BCUT2D eigenvalue weighted by Crippen LogP contribution is -2.48. The Morgan fingerprint density at radius 3 is 3.05 bits per heavy atom. The number of thiophene rings is 1. The molecule has 0 spiro atoms. The second-order valence-electron chi connectivity index (χ2n) is 4.60. The zero-order valence-electron chi connectivity index (χ0n) is 11.1. The lowest BCUT2D eigenvalue weighted by Gasteiger charge is -2.35. The summed E-state index contributed by atoms with van der Waals surface area (Å²) in [5, 5.41) is 19.8. The Morgan fingerprint density at radius 2 is 2.40 bits per heavy atom. The van der Waals surface area contributed by atoms with Crippen LogP contribution in [-0.2, 0) is 11.2 Å². The third-order valence-electron chi connectivity index (χ3n) is 3.33. The van der Waals surface area contributed by atoms with E-state index in [0.717, 1.165) is 4.88 Å². The van der Waals surface area contributed by atoms with Gasteiger partial charge in [0, 0.05) is 25.0 Å². The van der Waals surface area contributed by atoms with Crippen LogP contribution in [0.5, 0.6) is 0 Å². The lowest BCUT2D eigenvalue weighted by molar-refractivity contribution is -0.143. The van der Waals surface area contributed by atoms with Gasteiger partial charge >= 0.3 is 12.0 Å². The van der Waals surface area contributed by atoms with E-state index in [0.29, 0.717) is 25.1 Å². The minimum atomic E-state index is -1.02. The molecule has 0 saturated carbocycles. The largest absolute Gasteiger partial charge is 0.479 e. The Labute approximate surface area is 120 Å². The van der Waals surface area contributed by atoms with Gasteiger partial charge in [0.25, 0.3) is 0 Å². The first-order valence-electron chi connectivity index (χ1n) is 6.24. The van der Waals surface area contributed by atoms with Crippen molar-refractivity contribution < 1.29 is 14.7 Å². The van der Waals surface area contributed by atoms with E-state index in [9.17, 15) is 14.7 Å². The molecule has 1 atom stereocenters. The van der Waals surface area contributed by atoms with Crippen LogP contribution < -0.4 is 0 Å². The number of carbonyl (C=O) groups is 2. The van der Waals surface area contributed by atoms with Crippen molar-refractivity contribution in [3.05, 3.63) is 21.9 Å². The van der Waals surface area contributed by atoms with Crippen molar-refractivity contribution >= 4 is 23.3 Å². The quantitative estimate of drug-likeness (QED) is 0.919. The molecular formula is C13H15N3O3S. The second kappa shape index (κ2) is 5.92. The molecule has 0 aliphatic carbocycles. The van der Waals surface area contributed by atoms with E-state index in [1.54, 1.807) is 13.1 Å². The summed E-state index contributed by atoms with van der Waals surface area (Å²) in [7, 11) is 1.59. The predicted molar refractivity (Wildman–Crippen MR) is 73.4 cm³/mol. The number of urea groups is 1. The highest BCUT2D eigenvalue weighted by Crippen LogP contribution is 2.33. The summed E-state index contributed by atoms with van der Waals surface area (Å²) in [6.07, 6.45) is 0.909. The molecule has 6 nitrogen and oxygen atoms in total. The van der Waals surface area contributed by atoms with Crippen molar-refractivity contribution in [2.75, 3.05) is 20.1 Å². The number of carbonyl (C=O) groups excluding carboxylic acids is 1. The molecular weight excluding hydrogens is 278 g/mol. The molecule has 1 N–H and O–H groups in total. The smallest absolute Gasteiger partial charge is 0.331 e. The molecule has 1 aromatic rings. The topological polar surface area (TPSA) is 84.6 Å². The van der Waals surface area contributed by atoms with Crippen molar-refractivity contribution in [1.29, 1.82) is 5.26 Å². The summed E-state index contributed by atoms with van der Waals surface area (Å²) in [6, 6.07) is 2.47. The maximum atomic E-state index is 12.3. The molecule has 2 rings (SSSR count). The zero-order chi connectivity index (χ0) is 14.7. The fourth-order valence-corrected chi connectivity index (χ4v) is 3.23. The number of aliphatic carboxylic acids is 1. The molecule has 0 saturated heterocycles. The molecule has 0 fully saturated rings. The summed E-state index contributed by atoms with van der Waals surface area (Å²) in [5.74, 6) is -1.02. The molecule has 20 heavy (non-hydrogen) atoms. The summed E-state index contributed by atoms with van der Waals surface area (Å²) in [6.45, 7) is 0.689. The van der Waals surface area contributed by atoms with Gasteiger partial charge in [-0.1, -0.05) is 0 Å². The van der Waals surface area contributed by atoms with E-state index >= 15 is 0 Å². The van der Waals surface area contributed by atoms with Crippen LogP contribution in [0.4, 0.5) is 4.79 Å². The lowest BCUT2D eigenvalue weighted by atomic mass is 10.0. The SMILES string of the molecule is CN(CCC#N)C(=O)N1CCc2sccc2C1C(=O)O. The average molecular weight is 293 g/mol. The van der Waals surface area contributed by atoms with E-state index in [1.165, 1.54) is 21.1 Å². The molecule has 1 unspecified atom stereocenters. The zero-order valence-corrected chi connectivity index (χ0v) is 11.9. The number of fused-ring (bicyclic) bond motifs is 1. The minimum absolute atomic E-state index is 0.234. The first kappa shape index (κ1) is 14.3. The number of carboxylic acids is 1. The van der Waals surface area contributed by atoms with Crippen LogP contribution in [0.1, 0.15) is 22.9 Å². The van der Waals surface area contributed by atoms with Crippen LogP contribution in [0.2, 0.25) is 0 Å². The highest BCUT2D eigenvalue weighted by Gasteiger charge is 2.37. The predicted octanol–water partition coefficient (Wildman–Crippen LogP) is 1.70. The molecule has 0 radical (unpaired) electrons. The van der Waals surface area contributed by atoms with E-state index in [-0.39, 0.29) is 12.5 Å². The van der Waals surface area contributed by atoms with Gasteiger partial charge in [0.15, 0.2) is 6.04 Å². The Hall–Kier alpha value is -2.07. The van der Waals surface area contributed by atoms with Crippen molar-refractivity contribution in [1.82, 2.24) is 9.80 Å². The third kappa shape index (κ3) is 2.60. The van der Waals surface area contributed by atoms with Crippen molar-refractivity contribution in [2.45, 2.75) is 18.9 Å². The molecule has 0 aromatic carbocycles. The Morgan fingerprint density at radius 1 is 1.65 bits per heavy atom. The molecule has 1 aliphatic heterocycles. The summed E-state index contributed by atoms with van der Waals surface area (Å²) < 4.78 is 0. The van der Waals surface area contributed by atoms with Gasteiger partial charge in [0.1, 0.15) is 0 Å². The fraction of sp³-hybridized carbons (Fsp3) is 0.462. The molecule has 0 bridgehead atoms. The number of rotatable bonds is 3. The number of carboxylic acid groups (broad SMARTS) is 1. The molecule has 2 amide bonds. The van der Waals surface area contributed by atoms with Gasteiger partial charge in [-0.25, -0.2) is 9.59 Å². The van der Waals surface area contributed by atoms with E-state index in [1.807, 2.05) is 11.4 Å². The standard InChI is InChI=1S/C13H15N3O3S/c1-15(6-2-5-14)13(19)16-7-3-10-9(4-8-20-10)11(16)12(17)18/h4,8,11H,2-3,6-7H2,1H3,(H,17,18). The Bertz CT molecular complexity index is 563. The van der Waals surface area contributed by atoms with Gasteiger partial charge in [-0.05, 0) is 23.4 Å². The van der Waals surface area contributed by atoms with Crippen LogP contribution in [0.3, 0.4) is 0 Å². The number of hydrogen-bond acceptors (Lipinski definition) is 4. The van der Waals surface area contributed by atoms with Crippen LogP contribution in [0, 0.1) is 11.3 Å². The summed E-state index contributed by atoms with van der Waals surface area (Å²) in [5.41, 5.74) is 0.704. The average Bonchev–Trinajstić information content (AvgIpc) is 2.90. The van der Waals surface area contributed by atoms with Gasteiger partial charge in [0.05, 0.1) is 12.5 Å². The third-order valence-corrected chi connectivity index (χ3v) is 4.33. The molecule has 1 aliphatic rings. The highest BCUT2D eigenvalue weighted by atomic mass is 32.1. The number of amides is 2. The first-order valence-corrected chi connectivity index (χ1v) is 7.12. The van der Waals surface area contributed by atoms with Crippen LogP contribution >= 0.6 is 11.3 Å². The van der Waals surface area contributed by atoms with Gasteiger partial charge in [-0.15, -0.1) is 11.3 Å². The van der Waals surface area contributed by atoms with E-state index in [2.05, 4.69) is 0 Å². The number of nitriles is 1. The highest BCUT2D eigenvalue weighted by molar-refractivity contribution is 7.10. The minimum Gasteiger partial charge on any atom is -0.479 e. The van der Waals surface area contributed by atoms with Crippen LogP contribution in [0.15, 0.2) is 11.4 Å². The normalized spacial score (nSPS) is 17.2. The number of nitrogens with zero attached hydrogens (tertiary/aromatic N) is 3. The van der Waals surface area contributed by atoms with Crippen molar-refractivity contribution in [2.24, 2.45) is 0 Å². The summed E-state index contributed by atoms with van der Waals surface area (Å²) in [4.78, 5) is 27.6. The first-order chi connectivity index (χ1) is 9.56. The van der Waals surface area contributed by atoms with Crippen molar-refractivity contribution in [3.8, 4) is 6.07 Å². The molecule has 106 valence electrons. The molecule has 2 heterocycles. The number of hydrogen-bond donors (Lipinski definition) is 1. The van der Waals surface area contributed by atoms with Gasteiger partial charge in [-0.2, -0.15) is 5.26 Å². The second-order valence-corrected chi connectivity index (χ2v) is 5.60. The van der Waals surface area contributed by atoms with Gasteiger partial charge in [-0.3, -0.25) is 0 Å². The van der Waals surface area contributed by atoms with E-state index < -0.39 is 12.0 Å². The summed E-state index contributed by atoms with van der Waals surface area (Å²) >= 11 is 1.52. The Balaban J connectivity index is 2.21. The molecule has 7 heteroatoms. The van der Waals surface area contributed by atoms with Gasteiger partial charge in [0.2, 0.25) is 0 Å². The van der Waals surface area contributed by atoms with E-state index in [4.69, 9.17) is 5.26 Å². The van der Waals surface area contributed by atoms with Crippen LogP contribution in [0.25, 0.3) is 0 Å². The van der Waals surface area contributed by atoms with Crippen molar-refractivity contribution in [3.63, 3.8) is 0 Å². The Kier molecular flexibility index (Phi) is 4.25. The molecule has 1 aromatic heterocycles. The van der Waals surface area contributed by atoms with Gasteiger partial charge < -0.3 is 14.9 Å². The van der Waals surface area contributed by atoms with Crippen LogP contribution in [-0.4, -0.2) is 47.0 Å². The maximum Gasteiger partial charge on any atom is 0.331 e. The fourth-order valence-electron chi connectivity index (χ4n) is 2.32. The monoisotopic (exact) mass is 293 g/mol.